The van der Waals surface area contributed by atoms with Crippen LogP contribution in [0.2, 0.25) is 0 Å². The van der Waals surface area contributed by atoms with Gasteiger partial charge in [-0.05, 0) is 66.8 Å². The Bertz CT molecular complexity index is 1230. The number of halogens is 1. The number of pyridine rings is 1. The molecule has 3 aliphatic rings. The number of carbonyl (C=O) groups is 3. The van der Waals surface area contributed by atoms with Gasteiger partial charge in [-0.25, -0.2) is 9.37 Å². The Morgan fingerprint density at radius 2 is 2.06 bits per heavy atom. The third-order valence-corrected chi connectivity index (χ3v) is 7.81. The van der Waals surface area contributed by atoms with Crippen LogP contribution in [0.3, 0.4) is 0 Å². The van der Waals surface area contributed by atoms with E-state index in [4.69, 9.17) is 5.73 Å². The number of anilines is 3. The number of carbonyl (C=O) groups excluding carboxylic acids is 3. The zero-order valence-electron chi connectivity index (χ0n) is 20.0. The lowest BCUT2D eigenvalue weighted by Gasteiger charge is -2.40. The van der Waals surface area contributed by atoms with E-state index in [9.17, 15) is 14.4 Å². The molecule has 4 N–H and O–H groups in total. The zero-order chi connectivity index (χ0) is 24.9. The van der Waals surface area contributed by atoms with Crippen molar-refractivity contribution in [2.45, 2.75) is 63.8 Å². The molecule has 1 aromatic heterocycles. The van der Waals surface area contributed by atoms with Crippen LogP contribution in [0.15, 0.2) is 24.4 Å². The summed E-state index contributed by atoms with van der Waals surface area (Å²) in [4.78, 5) is 44.5. The van der Waals surface area contributed by atoms with Crippen molar-refractivity contribution in [1.82, 2.24) is 9.88 Å². The van der Waals surface area contributed by atoms with Crippen LogP contribution in [0.25, 0.3) is 0 Å². The van der Waals surface area contributed by atoms with Crippen molar-refractivity contribution < 1.29 is 18.8 Å². The molecular formula is C26H30FN5O3. The van der Waals surface area contributed by atoms with Crippen LogP contribution in [-0.4, -0.2) is 34.2 Å². The molecule has 35 heavy (non-hydrogen) atoms. The number of likely N-dealkylation sites (tertiary alicyclic amines) is 1. The minimum atomic E-state index is -0.772. The fraction of sp³-hybridized carbons (Fsp3) is 0.462. The molecule has 0 radical (unpaired) electrons. The average Bonchev–Trinajstić information content (AvgIpc) is 3.12. The number of hydrogen-bond donors (Lipinski definition) is 3. The van der Waals surface area contributed by atoms with Gasteiger partial charge in [-0.1, -0.05) is 26.3 Å². The van der Waals surface area contributed by atoms with Crippen molar-refractivity contribution in [2.24, 2.45) is 5.92 Å². The maximum absolute atomic E-state index is 15.1. The van der Waals surface area contributed by atoms with E-state index in [0.29, 0.717) is 54.9 Å². The van der Waals surface area contributed by atoms with Crippen LogP contribution in [0, 0.1) is 11.7 Å². The monoisotopic (exact) mass is 479 g/mol. The summed E-state index contributed by atoms with van der Waals surface area (Å²) < 4.78 is 15.1. The van der Waals surface area contributed by atoms with Gasteiger partial charge >= 0.3 is 11.8 Å². The molecule has 3 heterocycles. The molecule has 1 aliphatic carbocycles. The molecule has 3 amide bonds. The predicted molar refractivity (Wildman–Crippen MR) is 130 cm³/mol. The average molecular weight is 480 g/mol. The molecule has 184 valence electrons. The Morgan fingerprint density at radius 1 is 1.29 bits per heavy atom. The van der Waals surface area contributed by atoms with Crippen LogP contribution in [0.1, 0.15) is 68.7 Å². The highest BCUT2D eigenvalue weighted by Gasteiger charge is 2.52. The molecule has 9 heteroatoms. The quantitative estimate of drug-likeness (QED) is 0.581. The number of rotatable bonds is 3. The Labute approximate surface area is 203 Å². The predicted octanol–water partition coefficient (Wildman–Crippen LogP) is 3.68. The largest absolute Gasteiger partial charge is 0.383 e. The van der Waals surface area contributed by atoms with E-state index in [0.717, 1.165) is 18.4 Å². The van der Waals surface area contributed by atoms with E-state index >= 15 is 4.39 Å². The van der Waals surface area contributed by atoms with Gasteiger partial charge in [-0.2, -0.15) is 0 Å². The molecule has 2 unspecified atom stereocenters. The summed E-state index contributed by atoms with van der Waals surface area (Å²) in [5, 5.41) is 5.36. The lowest BCUT2D eigenvalue weighted by atomic mass is 9.65. The van der Waals surface area contributed by atoms with Crippen LogP contribution >= 0.6 is 0 Å². The Hall–Kier alpha value is -3.49. The van der Waals surface area contributed by atoms with Crippen molar-refractivity contribution in [3.8, 4) is 0 Å². The van der Waals surface area contributed by atoms with E-state index in [1.807, 2.05) is 19.9 Å². The summed E-state index contributed by atoms with van der Waals surface area (Å²) in [6.07, 6.45) is 5.83. The summed E-state index contributed by atoms with van der Waals surface area (Å²) in [5.74, 6) is -1.50. The zero-order valence-corrected chi connectivity index (χ0v) is 20.0. The van der Waals surface area contributed by atoms with Gasteiger partial charge in [0.25, 0.3) is 0 Å². The normalized spacial score (nSPS) is 22.4. The highest BCUT2D eigenvalue weighted by atomic mass is 19.1. The third kappa shape index (κ3) is 3.83. The van der Waals surface area contributed by atoms with Gasteiger partial charge in [0, 0.05) is 6.54 Å². The highest BCUT2D eigenvalue weighted by Crippen LogP contribution is 2.52. The first-order valence-corrected chi connectivity index (χ1v) is 12.2. The van der Waals surface area contributed by atoms with Gasteiger partial charge in [0.05, 0.1) is 29.0 Å². The van der Waals surface area contributed by atoms with Crippen LogP contribution in [0.4, 0.5) is 21.6 Å². The van der Waals surface area contributed by atoms with Crippen molar-refractivity contribution in [3.63, 3.8) is 0 Å². The van der Waals surface area contributed by atoms with Gasteiger partial charge < -0.3 is 21.3 Å². The number of fused-ring (bicyclic) bond motifs is 2. The number of benzene rings is 1. The minimum absolute atomic E-state index is 0.150. The fourth-order valence-electron chi connectivity index (χ4n) is 5.62. The second-order valence-corrected chi connectivity index (χ2v) is 10.0. The summed E-state index contributed by atoms with van der Waals surface area (Å²) in [7, 11) is 0. The second-order valence-electron chi connectivity index (χ2n) is 10.0. The van der Waals surface area contributed by atoms with E-state index in [1.165, 1.54) is 17.2 Å². The van der Waals surface area contributed by atoms with Crippen LogP contribution in [-0.2, 0) is 26.2 Å². The topological polar surface area (TPSA) is 117 Å². The summed E-state index contributed by atoms with van der Waals surface area (Å²) in [5.41, 5.74) is 7.91. The lowest BCUT2D eigenvalue weighted by Crippen LogP contribution is -2.46. The second kappa shape index (κ2) is 8.62. The van der Waals surface area contributed by atoms with Crippen molar-refractivity contribution in [1.29, 1.82) is 0 Å². The first-order valence-electron chi connectivity index (χ1n) is 12.2. The molecule has 1 saturated heterocycles. The summed E-state index contributed by atoms with van der Waals surface area (Å²) in [6.45, 7) is 4.34. The number of amides is 3. The number of aryl methyl sites for hydroxylation is 1. The molecule has 5 rings (SSSR count). The maximum atomic E-state index is 15.1. The number of aromatic nitrogens is 1. The van der Waals surface area contributed by atoms with Crippen molar-refractivity contribution in [2.75, 3.05) is 22.9 Å². The molecule has 2 fully saturated rings. The number of hydrogen-bond acceptors (Lipinski definition) is 5. The van der Waals surface area contributed by atoms with Crippen molar-refractivity contribution >= 4 is 34.9 Å². The lowest BCUT2D eigenvalue weighted by molar-refractivity contribution is -0.146. The van der Waals surface area contributed by atoms with Gasteiger partial charge in [-0.15, -0.1) is 0 Å². The molecular weight excluding hydrogens is 449 g/mol. The number of nitrogen functional groups attached to an aromatic ring is 1. The van der Waals surface area contributed by atoms with Gasteiger partial charge in [-0.3, -0.25) is 14.4 Å². The first kappa shape index (κ1) is 23.3. The molecule has 0 bridgehead atoms. The molecule has 1 spiro atoms. The van der Waals surface area contributed by atoms with Gasteiger partial charge in [0.1, 0.15) is 11.6 Å². The van der Waals surface area contributed by atoms with Gasteiger partial charge in [0.2, 0.25) is 5.91 Å². The van der Waals surface area contributed by atoms with E-state index in [-0.39, 0.29) is 17.5 Å². The van der Waals surface area contributed by atoms with Crippen LogP contribution in [0.5, 0.6) is 0 Å². The first-order chi connectivity index (χ1) is 16.7. The van der Waals surface area contributed by atoms with E-state index < -0.39 is 29.1 Å². The van der Waals surface area contributed by atoms with Crippen molar-refractivity contribution in [3.05, 3.63) is 46.9 Å². The number of nitrogens with one attached hydrogen (secondary N) is 2. The smallest absolute Gasteiger partial charge is 0.313 e. The summed E-state index contributed by atoms with van der Waals surface area (Å²) >= 11 is 0. The molecule has 2 aliphatic heterocycles. The van der Waals surface area contributed by atoms with Crippen LogP contribution < -0.4 is 16.4 Å². The van der Waals surface area contributed by atoms with E-state index in [1.54, 1.807) is 6.07 Å². The number of nitrogens with zero attached hydrogens (tertiary/aromatic N) is 2. The number of nitrogens with two attached hydrogens (primary N) is 1. The molecule has 8 nitrogen and oxygen atoms in total. The third-order valence-electron chi connectivity index (χ3n) is 7.81. The van der Waals surface area contributed by atoms with Gasteiger partial charge in [0.15, 0.2) is 0 Å². The molecule has 2 aromatic rings. The maximum Gasteiger partial charge on any atom is 0.313 e. The molecule has 1 aromatic carbocycles. The van der Waals surface area contributed by atoms with E-state index in [2.05, 4.69) is 15.6 Å². The Morgan fingerprint density at radius 3 is 2.74 bits per heavy atom. The summed E-state index contributed by atoms with van der Waals surface area (Å²) in [6, 6.07) is 4.52. The standard InChI is InChI=1S/C26H30FN5O3/c1-3-15-9-17(12-29-22(15)28)30-23(33)24(34)32-13-14(2)5-6-20(32)16-10-18-21(19(27)11-16)31-25(35)26(18)7-4-8-26/h9-12,14,20H,3-8,13H2,1-2H3,(H2,28,29)(H,30,33)(H,31,35). The SMILES string of the molecule is CCc1cc(NC(=O)C(=O)N2CC(C)CCC2c2cc(F)c3c(c2)C2(CCC2)C(=O)N3)cnc1N. The molecule has 1 saturated carbocycles. The minimum Gasteiger partial charge on any atom is -0.383 e. The Kier molecular flexibility index (Phi) is 5.73. The number of piperidine rings is 1. The molecule has 2 atom stereocenters. The Balaban J connectivity index is 1.43. The fourth-order valence-corrected chi connectivity index (χ4v) is 5.62. The highest BCUT2D eigenvalue weighted by molar-refractivity contribution is 6.39.